The minimum Gasteiger partial charge on any atom is -0.381 e. The number of thiophene rings is 1. The average molecular weight is 283 g/mol. The molecule has 5 heteroatoms. The number of hydrogen-bond acceptors (Lipinski definition) is 5. The van der Waals surface area contributed by atoms with Crippen LogP contribution in [0.4, 0.5) is 0 Å². The Labute approximate surface area is 118 Å². The second-order valence-electron chi connectivity index (χ2n) is 5.22. The molecule has 0 aromatic carbocycles. The molecule has 1 N–H and O–H groups in total. The highest BCUT2D eigenvalue weighted by molar-refractivity contribution is 7.11. The van der Waals surface area contributed by atoms with Gasteiger partial charge in [0.1, 0.15) is 0 Å². The standard InChI is InChI=1S/C14H21NO3S/c1-11-2-3-13(19-11)9-15-8-12-10-17-14(18-12)4-6-16-7-5-14/h2-3,12,15H,4-10H2,1H3/t12-/m1/s1. The first-order chi connectivity index (χ1) is 9.26. The van der Waals surface area contributed by atoms with Gasteiger partial charge in [-0.05, 0) is 19.1 Å². The smallest absolute Gasteiger partial charge is 0.173 e. The molecule has 19 heavy (non-hydrogen) atoms. The molecule has 4 nitrogen and oxygen atoms in total. The van der Waals surface area contributed by atoms with Gasteiger partial charge in [-0.15, -0.1) is 11.3 Å². The normalized spacial score (nSPS) is 26.1. The third-order valence-corrected chi connectivity index (χ3v) is 4.64. The summed E-state index contributed by atoms with van der Waals surface area (Å²) in [6.07, 6.45) is 1.88. The maximum absolute atomic E-state index is 6.07. The number of nitrogens with one attached hydrogen (secondary N) is 1. The van der Waals surface area contributed by atoms with E-state index in [9.17, 15) is 0 Å². The summed E-state index contributed by atoms with van der Waals surface area (Å²) in [4.78, 5) is 2.73. The summed E-state index contributed by atoms with van der Waals surface area (Å²) in [5.74, 6) is -0.357. The Morgan fingerprint density at radius 3 is 2.95 bits per heavy atom. The topological polar surface area (TPSA) is 39.7 Å². The van der Waals surface area contributed by atoms with E-state index in [4.69, 9.17) is 14.2 Å². The van der Waals surface area contributed by atoms with Gasteiger partial charge in [0.2, 0.25) is 0 Å². The van der Waals surface area contributed by atoms with Gasteiger partial charge in [0, 0.05) is 35.7 Å². The molecular formula is C14H21NO3S. The van der Waals surface area contributed by atoms with Crippen molar-refractivity contribution in [1.82, 2.24) is 5.32 Å². The van der Waals surface area contributed by atoms with Crippen LogP contribution >= 0.6 is 11.3 Å². The van der Waals surface area contributed by atoms with E-state index < -0.39 is 0 Å². The predicted molar refractivity (Wildman–Crippen MR) is 74.4 cm³/mol. The highest BCUT2D eigenvalue weighted by atomic mass is 32.1. The first-order valence-electron chi connectivity index (χ1n) is 6.91. The van der Waals surface area contributed by atoms with Crippen LogP contribution in [-0.2, 0) is 20.8 Å². The van der Waals surface area contributed by atoms with E-state index in [0.29, 0.717) is 6.61 Å². The summed E-state index contributed by atoms with van der Waals surface area (Å²) in [6.45, 7) is 6.07. The number of rotatable bonds is 4. The summed E-state index contributed by atoms with van der Waals surface area (Å²) in [5, 5.41) is 3.45. The van der Waals surface area contributed by atoms with Crippen LogP contribution in [0.25, 0.3) is 0 Å². The van der Waals surface area contributed by atoms with Crippen molar-refractivity contribution in [3.63, 3.8) is 0 Å². The Hall–Kier alpha value is -0.460. The minimum atomic E-state index is -0.357. The van der Waals surface area contributed by atoms with Crippen molar-refractivity contribution in [1.29, 1.82) is 0 Å². The Kier molecular flexibility index (Phi) is 4.19. The van der Waals surface area contributed by atoms with E-state index in [2.05, 4.69) is 24.4 Å². The summed E-state index contributed by atoms with van der Waals surface area (Å²) >= 11 is 1.84. The maximum Gasteiger partial charge on any atom is 0.173 e. The third kappa shape index (κ3) is 3.35. The van der Waals surface area contributed by atoms with Gasteiger partial charge in [-0.3, -0.25) is 0 Å². The van der Waals surface area contributed by atoms with Gasteiger partial charge in [-0.1, -0.05) is 0 Å². The van der Waals surface area contributed by atoms with Crippen LogP contribution < -0.4 is 5.32 Å². The molecule has 3 heterocycles. The molecule has 2 saturated heterocycles. The van der Waals surface area contributed by atoms with Crippen LogP contribution in [0.5, 0.6) is 0 Å². The van der Waals surface area contributed by atoms with Crippen LogP contribution in [0.15, 0.2) is 12.1 Å². The van der Waals surface area contributed by atoms with E-state index in [1.54, 1.807) is 0 Å². The van der Waals surface area contributed by atoms with Gasteiger partial charge in [-0.2, -0.15) is 0 Å². The first kappa shape index (κ1) is 13.5. The van der Waals surface area contributed by atoms with Crippen LogP contribution in [0.2, 0.25) is 0 Å². The van der Waals surface area contributed by atoms with Gasteiger partial charge < -0.3 is 19.5 Å². The number of ether oxygens (including phenoxy) is 3. The molecule has 106 valence electrons. The summed E-state index contributed by atoms with van der Waals surface area (Å²) < 4.78 is 17.3. The molecule has 0 aliphatic carbocycles. The molecule has 2 aliphatic rings. The van der Waals surface area contributed by atoms with Crippen molar-refractivity contribution < 1.29 is 14.2 Å². The summed E-state index contributed by atoms with van der Waals surface area (Å²) in [5.41, 5.74) is 0. The molecule has 1 aromatic heterocycles. The van der Waals surface area contributed by atoms with Crippen molar-refractivity contribution in [2.24, 2.45) is 0 Å². The van der Waals surface area contributed by atoms with Gasteiger partial charge >= 0.3 is 0 Å². The summed E-state index contributed by atoms with van der Waals surface area (Å²) in [6, 6.07) is 4.34. The Balaban J connectivity index is 1.42. The van der Waals surface area contributed by atoms with Crippen molar-refractivity contribution in [2.45, 2.75) is 38.2 Å². The lowest BCUT2D eigenvalue weighted by Gasteiger charge is -2.31. The number of aryl methyl sites for hydroxylation is 1. The molecule has 1 atom stereocenters. The fourth-order valence-electron chi connectivity index (χ4n) is 2.60. The predicted octanol–water partition coefficient (Wildman–Crippen LogP) is 2.07. The van der Waals surface area contributed by atoms with Crippen LogP contribution in [0.1, 0.15) is 22.6 Å². The highest BCUT2D eigenvalue weighted by Gasteiger charge is 2.42. The molecule has 1 spiro atoms. The van der Waals surface area contributed by atoms with Gasteiger partial charge in [-0.25, -0.2) is 0 Å². The molecule has 0 radical (unpaired) electrons. The van der Waals surface area contributed by atoms with Crippen molar-refractivity contribution in [2.75, 3.05) is 26.4 Å². The molecule has 3 rings (SSSR count). The molecule has 2 aliphatic heterocycles. The minimum absolute atomic E-state index is 0.166. The van der Waals surface area contributed by atoms with Crippen molar-refractivity contribution in [3.05, 3.63) is 21.9 Å². The summed E-state index contributed by atoms with van der Waals surface area (Å²) in [7, 11) is 0. The SMILES string of the molecule is Cc1ccc(CNC[C@@H]2COC3(CCOCC3)O2)s1. The largest absolute Gasteiger partial charge is 0.381 e. The van der Waals surface area contributed by atoms with Crippen LogP contribution in [0, 0.1) is 6.92 Å². The lowest BCUT2D eigenvalue weighted by molar-refractivity contribution is -0.210. The maximum atomic E-state index is 6.07. The third-order valence-electron chi connectivity index (χ3n) is 3.64. The first-order valence-corrected chi connectivity index (χ1v) is 7.73. The fraction of sp³-hybridized carbons (Fsp3) is 0.714. The van der Waals surface area contributed by atoms with Gasteiger partial charge in [0.15, 0.2) is 5.79 Å². The highest BCUT2D eigenvalue weighted by Crippen LogP contribution is 2.32. The Morgan fingerprint density at radius 2 is 2.21 bits per heavy atom. The molecule has 0 amide bonds. The quantitative estimate of drug-likeness (QED) is 0.918. The zero-order chi connectivity index (χ0) is 13.1. The second kappa shape index (κ2) is 5.89. The van der Waals surface area contributed by atoms with Gasteiger partial charge in [0.05, 0.1) is 25.9 Å². The molecule has 2 fully saturated rings. The lowest BCUT2D eigenvalue weighted by atomic mass is 10.1. The van der Waals surface area contributed by atoms with E-state index in [-0.39, 0.29) is 11.9 Å². The fourth-order valence-corrected chi connectivity index (χ4v) is 3.46. The Bertz CT molecular complexity index is 415. The van der Waals surface area contributed by atoms with E-state index in [1.807, 2.05) is 11.3 Å². The number of hydrogen-bond donors (Lipinski definition) is 1. The monoisotopic (exact) mass is 283 g/mol. The molecule has 1 aromatic rings. The average Bonchev–Trinajstić information content (AvgIpc) is 2.99. The lowest BCUT2D eigenvalue weighted by Crippen LogP contribution is -2.38. The van der Waals surface area contributed by atoms with Crippen LogP contribution in [-0.4, -0.2) is 38.3 Å². The molecule has 0 unspecified atom stereocenters. The van der Waals surface area contributed by atoms with Crippen molar-refractivity contribution in [3.8, 4) is 0 Å². The van der Waals surface area contributed by atoms with Crippen LogP contribution in [0.3, 0.4) is 0 Å². The zero-order valence-corrected chi connectivity index (χ0v) is 12.1. The van der Waals surface area contributed by atoms with Gasteiger partial charge in [0.25, 0.3) is 0 Å². The zero-order valence-electron chi connectivity index (χ0n) is 11.3. The second-order valence-corrected chi connectivity index (χ2v) is 6.59. The van der Waals surface area contributed by atoms with E-state index in [0.717, 1.165) is 39.1 Å². The van der Waals surface area contributed by atoms with E-state index in [1.165, 1.54) is 9.75 Å². The molecular weight excluding hydrogens is 262 g/mol. The van der Waals surface area contributed by atoms with E-state index >= 15 is 0 Å². The molecule has 0 saturated carbocycles. The molecule has 0 bridgehead atoms. The Morgan fingerprint density at radius 1 is 1.37 bits per heavy atom. The van der Waals surface area contributed by atoms with Crippen molar-refractivity contribution >= 4 is 11.3 Å².